The van der Waals surface area contributed by atoms with Crippen LogP contribution in [0.5, 0.6) is 0 Å². The molecule has 5 nitrogen and oxygen atoms in total. The number of halogens is 1. The number of rotatable bonds is 3. The molecule has 3 heterocycles. The lowest BCUT2D eigenvalue weighted by Crippen LogP contribution is -2.17. The molecule has 0 radical (unpaired) electrons. The first kappa shape index (κ1) is 18.7. The maximum absolute atomic E-state index is 6.52. The smallest absolute Gasteiger partial charge is 0.165 e. The summed E-state index contributed by atoms with van der Waals surface area (Å²) in [6.07, 6.45) is 4.64. The third-order valence-electron chi connectivity index (χ3n) is 4.94. The summed E-state index contributed by atoms with van der Waals surface area (Å²) in [5.74, 6) is 1.92. The van der Waals surface area contributed by atoms with Crippen LogP contribution in [0.4, 0.5) is 0 Å². The van der Waals surface area contributed by atoms with Gasteiger partial charge in [-0.1, -0.05) is 57.5 Å². The molecule has 0 bridgehead atoms. The van der Waals surface area contributed by atoms with Crippen LogP contribution in [-0.4, -0.2) is 24.1 Å². The minimum atomic E-state index is -0.112. The number of hydrogen-bond acceptors (Lipinski definition) is 3. The van der Waals surface area contributed by atoms with Crippen molar-refractivity contribution < 1.29 is 0 Å². The van der Waals surface area contributed by atoms with Crippen LogP contribution in [0.25, 0.3) is 22.6 Å². The summed E-state index contributed by atoms with van der Waals surface area (Å²) in [6, 6.07) is 9.96. The summed E-state index contributed by atoms with van der Waals surface area (Å²) in [6.45, 7) is 10.6. The van der Waals surface area contributed by atoms with E-state index in [0.717, 1.165) is 46.2 Å². The van der Waals surface area contributed by atoms with Gasteiger partial charge >= 0.3 is 0 Å². The van der Waals surface area contributed by atoms with E-state index >= 15 is 0 Å². The Kier molecular flexibility index (Phi) is 4.50. The molecule has 144 valence electrons. The van der Waals surface area contributed by atoms with Crippen LogP contribution in [0, 0.1) is 6.92 Å². The van der Waals surface area contributed by atoms with Gasteiger partial charge in [0.15, 0.2) is 5.65 Å². The number of aryl methyl sites for hydroxylation is 2. The highest BCUT2D eigenvalue weighted by Gasteiger charge is 2.24. The van der Waals surface area contributed by atoms with E-state index in [1.165, 1.54) is 0 Å². The van der Waals surface area contributed by atoms with Gasteiger partial charge in [0.2, 0.25) is 0 Å². The molecule has 0 amide bonds. The SMILES string of the molecule is CCc1nccn1-c1cc(C(C)(C)C)nc2c(-c3ccccc3Cl)c(C)nn12. The monoisotopic (exact) mass is 393 g/mol. The Morgan fingerprint density at radius 3 is 2.57 bits per heavy atom. The van der Waals surface area contributed by atoms with Crippen LogP contribution < -0.4 is 0 Å². The number of hydrogen-bond donors (Lipinski definition) is 0. The first-order chi connectivity index (χ1) is 13.3. The van der Waals surface area contributed by atoms with Gasteiger partial charge in [0.05, 0.1) is 17.0 Å². The van der Waals surface area contributed by atoms with Gasteiger partial charge in [-0.25, -0.2) is 9.97 Å². The van der Waals surface area contributed by atoms with Crippen molar-refractivity contribution in [1.29, 1.82) is 0 Å². The van der Waals surface area contributed by atoms with E-state index in [9.17, 15) is 0 Å². The highest BCUT2D eigenvalue weighted by molar-refractivity contribution is 6.33. The standard InChI is InChI=1S/C22H24ClN5/c1-6-18-24-11-12-27(18)19-13-17(22(3,4)5)25-21-20(14(2)26-28(19)21)15-9-7-8-10-16(15)23/h7-13H,6H2,1-5H3. The van der Waals surface area contributed by atoms with Gasteiger partial charge in [0.25, 0.3) is 0 Å². The van der Waals surface area contributed by atoms with Crippen LogP contribution in [0.3, 0.4) is 0 Å². The van der Waals surface area contributed by atoms with Gasteiger partial charge in [-0.3, -0.25) is 4.57 Å². The zero-order chi connectivity index (χ0) is 20.1. The molecular weight excluding hydrogens is 370 g/mol. The Bertz CT molecular complexity index is 1160. The zero-order valence-corrected chi connectivity index (χ0v) is 17.6. The molecule has 0 aliphatic heterocycles. The van der Waals surface area contributed by atoms with Crippen LogP contribution in [-0.2, 0) is 11.8 Å². The second kappa shape index (κ2) is 6.74. The molecular formula is C22H24ClN5. The van der Waals surface area contributed by atoms with E-state index in [1.807, 2.05) is 48.1 Å². The molecule has 3 aromatic heterocycles. The Morgan fingerprint density at radius 1 is 1.14 bits per heavy atom. The highest BCUT2D eigenvalue weighted by Crippen LogP contribution is 2.35. The maximum atomic E-state index is 6.52. The third kappa shape index (κ3) is 3.00. The van der Waals surface area contributed by atoms with Crippen molar-refractivity contribution in [2.45, 2.75) is 46.5 Å². The summed E-state index contributed by atoms with van der Waals surface area (Å²) in [5, 5.41) is 5.53. The van der Waals surface area contributed by atoms with Gasteiger partial charge in [0.1, 0.15) is 11.6 Å². The fraction of sp³-hybridized carbons (Fsp3) is 0.318. The van der Waals surface area contributed by atoms with E-state index in [1.54, 1.807) is 0 Å². The lowest BCUT2D eigenvalue weighted by Gasteiger charge is -2.20. The molecule has 0 saturated carbocycles. The predicted molar refractivity (Wildman–Crippen MR) is 113 cm³/mol. The molecule has 0 unspecified atom stereocenters. The van der Waals surface area contributed by atoms with Crippen molar-refractivity contribution >= 4 is 17.2 Å². The van der Waals surface area contributed by atoms with Crippen LogP contribution in [0.15, 0.2) is 42.7 Å². The average molecular weight is 394 g/mol. The van der Waals surface area contributed by atoms with Crippen molar-refractivity contribution in [1.82, 2.24) is 24.1 Å². The summed E-state index contributed by atoms with van der Waals surface area (Å²) in [5.41, 5.74) is 4.51. The predicted octanol–water partition coefficient (Wildman–Crippen LogP) is 5.40. The first-order valence-electron chi connectivity index (χ1n) is 9.49. The molecule has 28 heavy (non-hydrogen) atoms. The summed E-state index contributed by atoms with van der Waals surface area (Å²) >= 11 is 6.52. The van der Waals surface area contributed by atoms with Crippen LogP contribution in [0.2, 0.25) is 5.02 Å². The zero-order valence-electron chi connectivity index (χ0n) is 16.9. The van der Waals surface area contributed by atoms with Gasteiger partial charge in [-0.05, 0) is 13.0 Å². The summed E-state index contributed by atoms with van der Waals surface area (Å²) in [4.78, 5) is 9.51. The largest absolute Gasteiger partial charge is 0.288 e. The molecule has 0 fully saturated rings. The van der Waals surface area contributed by atoms with Gasteiger partial charge < -0.3 is 0 Å². The Labute approximate surface area is 170 Å². The number of aromatic nitrogens is 5. The van der Waals surface area contributed by atoms with E-state index in [4.69, 9.17) is 21.7 Å². The van der Waals surface area contributed by atoms with Crippen molar-refractivity contribution in [2.24, 2.45) is 0 Å². The second-order valence-corrected chi connectivity index (χ2v) is 8.40. The van der Waals surface area contributed by atoms with Crippen molar-refractivity contribution in [2.75, 3.05) is 0 Å². The van der Waals surface area contributed by atoms with E-state index in [-0.39, 0.29) is 5.41 Å². The average Bonchev–Trinajstić information content (AvgIpc) is 3.24. The topological polar surface area (TPSA) is 48.0 Å². The van der Waals surface area contributed by atoms with E-state index in [2.05, 4.69) is 43.3 Å². The fourth-order valence-electron chi connectivity index (χ4n) is 3.45. The molecule has 0 saturated heterocycles. The molecule has 0 aliphatic carbocycles. The third-order valence-corrected chi connectivity index (χ3v) is 5.27. The second-order valence-electron chi connectivity index (χ2n) is 7.99. The molecule has 0 N–H and O–H groups in total. The normalized spacial score (nSPS) is 12.1. The lowest BCUT2D eigenvalue weighted by atomic mass is 9.92. The molecule has 0 aliphatic rings. The van der Waals surface area contributed by atoms with Crippen molar-refractivity contribution in [3.8, 4) is 16.9 Å². The van der Waals surface area contributed by atoms with E-state index in [0.29, 0.717) is 5.02 Å². The van der Waals surface area contributed by atoms with Crippen LogP contribution in [0.1, 0.15) is 44.9 Å². The Hall–Kier alpha value is -2.66. The molecule has 4 aromatic rings. The van der Waals surface area contributed by atoms with Gasteiger partial charge in [-0.2, -0.15) is 9.61 Å². The lowest BCUT2D eigenvalue weighted by molar-refractivity contribution is 0.566. The molecule has 0 spiro atoms. The Morgan fingerprint density at radius 2 is 1.89 bits per heavy atom. The van der Waals surface area contributed by atoms with Gasteiger partial charge in [-0.15, -0.1) is 0 Å². The maximum Gasteiger partial charge on any atom is 0.165 e. The van der Waals surface area contributed by atoms with E-state index < -0.39 is 0 Å². The molecule has 1 aromatic carbocycles. The minimum absolute atomic E-state index is 0.112. The molecule has 6 heteroatoms. The minimum Gasteiger partial charge on any atom is -0.288 e. The number of nitrogens with zero attached hydrogens (tertiary/aromatic N) is 5. The molecule has 0 atom stereocenters. The van der Waals surface area contributed by atoms with Crippen molar-refractivity contribution in [3.05, 3.63) is 65.0 Å². The van der Waals surface area contributed by atoms with Gasteiger partial charge in [0, 0.05) is 40.9 Å². The first-order valence-corrected chi connectivity index (χ1v) is 9.87. The molecule has 4 rings (SSSR count). The highest BCUT2D eigenvalue weighted by atomic mass is 35.5. The van der Waals surface area contributed by atoms with Crippen molar-refractivity contribution in [3.63, 3.8) is 0 Å². The fourth-order valence-corrected chi connectivity index (χ4v) is 3.68. The Balaban J connectivity index is 2.11. The number of benzene rings is 1. The summed E-state index contributed by atoms with van der Waals surface area (Å²) < 4.78 is 4.00. The summed E-state index contributed by atoms with van der Waals surface area (Å²) in [7, 11) is 0. The number of fused-ring (bicyclic) bond motifs is 1. The van der Waals surface area contributed by atoms with Crippen LogP contribution >= 0.6 is 11.6 Å². The number of imidazole rings is 1. The quantitative estimate of drug-likeness (QED) is 0.468.